The molecular weight excluding hydrogens is 510 g/mol. The van der Waals surface area contributed by atoms with E-state index in [9.17, 15) is 8.76 Å². The molecule has 170 valence electrons. The Morgan fingerprint density at radius 2 is 1.17 bits per heavy atom. The number of hydrogen-bond acceptors (Lipinski definition) is 4. The van der Waals surface area contributed by atoms with Crippen LogP contribution in [0.15, 0.2) is 102 Å². The van der Waals surface area contributed by atoms with Gasteiger partial charge in [0, 0.05) is 4.90 Å². The minimum absolute atomic E-state index is 0. The SMILES string of the molecule is O=S([O-])c1ccccc1C=Cc1ccc(-c2ccc(C=Cc3[c-]cccc3)cc2)cc1.O=S=O.[Na+].[Na+]. The second kappa shape index (κ2) is 17.7. The van der Waals surface area contributed by atoms with Gasteiger partial charge >= 0.3 is 70.7 Å². The molecule has 0 saturated heterocycles. The summed E-state index contributed by atoms with van der Waals surface area (Å²) >= 11 is -3.00. The van der Waals surface area contributed by atoms with Crippen LogP contribution < -0.4 is 59.1 Å². The summed E-state index contributed by atoms with van der Waals surface area (Å²) in [5.74, 6) is 0. The predicted molar refractivity (Wildman–Crippen MR) is 138 cm³/mol. The van der Waals surface area contributed by atoms with Gasteiger partial charge in [0.2, 0.25) is 0 Å². The molecule has 4 nitrogen and oxygen atoms in total. The second-order valence-corrected chi connectivity index (χ2v) is 8.11. The zero-order chi connectivity index (χ0) is 24.2. The van der Waals surface area contributed by atoms with E-state index in [0.717, 1.165) is 27.8 Å². The summed E-state index contributed by atoms with van der Waals surface area (Å²) in [7, 11) is 0. The van der Waals surface area contributed by atoms with Crippen molar-refractivity contribution in [1.82, 2.24) is 0 Å². The molecule has 1 unspecified atom stereocenters. The van der Waals surface area contributed by atoms with Crippen molar-refractivity contribution in [3.8, 4) is 11.1 Å². The molecule has 4 rings (SSSR count). The van der Waals surface area contributed by atoms with Crippen molar-refractivity contribution in [3.05, 3.63) is 125 Å². The largest absolute Gasteiger partial charge is 1.00 e. The quantitative estimate of drug-likeness (QED) is 0.153. The molecule has 0 spiro atoms. The summed E-state index contributed by atoms with van der Waals surface area (Å²) in [5, 5.41) is 0. The van der Waals surface area contributed by atoms with Crippen molar-refractivity contribution in [2.75, 3.05) is 0 Å². The van der Waals surface area contributed by atoms with Gasteiger partial charge in [-0.1, -0.05) is 85.0 Å². The molecule has 0 aliphatic heterocycles. The molecule has 0 amide bonds. The van der Waals surface area contributed by atoms with E-state index >= 15 is 0 Å². The zero-order valence-electron chi connectivity index (χ0n) is 20.0. The van der Waals surface area contributed by atoms with Crippen LogP contribution in [0.4, 0.5) is 0 Å². The van der Waals surface area contributed by atoms with E-state index in [1.165, 1.54) is 0 Å². The third-order valence-electron chi connectivity index (χ3n) is 4.90. The Bertz CT molecular complexity index is 1330. The number of hydrogen-bond donors (Lipinski definition) is 0. The molecule has 0 aliphatic carbocycles. The maximum atomic E-state index is 11.3. The molecule has 8 heteroatoms. The zero-order valence-corrected chi connectivity index (χ0v) is 25.6. The Morgan fingerprint density at radius 1 is 0.667 bits per heavy atom. The fourth-order valence-electron chi connectivity index (χ4n) is 3.23. The van der Waals surface area contributed by atoms with E-state index in [0.29, 0.717) is 10.5 Å². The van der Waals surface area contributed by atoms with E-state index < -0.39 is 22.7 Å². The summed E-state index contributed by atoms with van der Waals surface area (Å²) in [4.78, 5) is 0.301. The van der Waals surface area contributed by atoms with Crippen molar-refractivity contribution in [2.24, 2.45) is 0 Å². The van der Waals surface area contributed by atoms with Gasteiger partial charge in [0.1, 0.15) is 0 Å². The standard InChI is InChI=1S/C28H21O2S.2Na.O2S/c29-31(30)28-9-5-4-8-27(28)21-16-24-14-19-26(20-15-24)25-17-12-23(13-18-25)11-10-22-6-2-1-3-7-22;;;1-3-2/h1-6,8-21H,(H,29,30);;;/q-1;2*+1;/p-1. The molecule has 0 N–H and O–H groups in total. The molecule has 0 heterocycles. The first kappa shape index (κ1) is 32.3. The molecule has 0 radical (unpaired) electrons. The molecule has 0 aliphatic rings. The van der Waals surface area contributed by atoms with Crippen molar-refractivity contribution >= 4 is 47.0 Å². The third-order valence-corrected chi connectivity index (χ3v) is 5.63. The van der Waals surface area contributed by atoms with Crippen molar-refractivity contribution < 1.29 is 76.3 Å². The van der Waals surface area contributed by atoms with E-state index in [1.807, 2.05) is 54.6 Å². The first-order valence-electron chi connectivity index (χ1n) is 10.2. The third kappa shape index (κ3) is 10.3. The van der Waals surface area contributed by atoms with Crippen LogP contribution in [0.25, 0.3) is 35.4 Å². The van der Waals surface area contributed by atoms with Gasteiger partial charge in [-0.15, -0.1) is 36.4 Å². The molecule has 0 bridgehead atoms. The number of benzene rings is 4. The van der Waals surface area contributed by atoms with Crippen LogP contribution in [-0.4, -0.2) is 17.2 Å². The summed E-state index contributed by atoms with van der Waals surface area (Å²) in [6, 6.07) is 34.6. The average Bonchev–Trinajstić information content (AvgIpc) is 2.88. The summed E-state index contributed by atoms with van der Waals surface area (Å²) < 4.78 is 39.2. The predicted octanol–water partition coefficient (Wildman–Crippen LogP) is 0.0704. The second-order valence-electron chi connectivity index (χ2n) is 7.07. The van der Waals surface area contributed by atoms with Gasteiger partial charge in [-0.2, -0.15) is 14.0 Å². The van der Waals surface area contributed by atoms with Crippen molar-refractivity contribution in [2.45, 2.75) is 4.90 Å². The fourth-order valence-corrected chi connectivity index (χ4v) is 3.74. The Hall–Kier alpha value is -1.71. The smallest absolute Gasteiger partial charge is 0.768 e. The van der Waals surface area contributed by atoms with E-state index in [-0.39, 0.29) is 59.1 Å². The van der Waals surface area contributed by atoms with Crippen LogP contribution in [0.3, 0.4) is 0 Å². The molecule has 0 fully saturated rings. The molecule has 0 saturated carbocycles. The van der Waals surface area contributed by atoms with Crippen LogP contribution in [-0.2, 0) is 22.7 Å². The molecule has 36 heavy (non-hydrogen) atoms. The van der Waals surface area contributed by atoms with Gasteiger partial charge in [0.05, 0.1) is 0 Å². The summed E-state index contributed by atoms with van der Waals surface area (Å²) in [6.07, 6.45) is 7.88. The Labute approximate surface area is 262 Å². The van der Waals surface area contributed by atoms with E-state index in [2.05, 4.69) is 54.6 Å². The normalized spacial score (nSPS) is 11.0. The van der Waals surface area contributed by atoms with E-state index in [1.54, 1.807) is 18.2 Å². The monoisotopic (exact) mass is 530 g/mol. The first-order chi connectivity index (χ1) is 16.6. The fraction of sp³-hybridized carbons (Fsp3) is 0. The Kier molecular flexibility index (Phi) is 15.9. The van der Waals surface area contributed by atoms with Gasteiger partial charge in [-0.05, 0) is 45.0 Å². The average molecular weight is 531 g/mol. The van der Waals surface area contributed by atoms with Crippen LogP contribution in [0.1, 0.15) is 22.3 Å². The van der Waals surface area contributed by atoms with Crippen LogP contribution >= 0.6 is 0 Å². The molecule has 4 aromatic carbocycles. The number of rotatable bonds is 6. The first-order valence-corrected chi connectivity index (χ1v) is 12.0. The summed E-state index contributed by atoms with van der Waals surface area (Å²) in [6.45, 7) is 0. The van der Waals surface area contributed by atoms with Crippen molar-refractivity contribution in [3.63, 3.8) is 0 Å². The topological polar surface area (TPSA) is 74.3 Å². The van der Waals surface area contributed by atoms with Gasteiger partial charge < -0.3 is 4.55 Å². The minimum Gasteiger partial charge on any atom is -0.768 e. The molecule has 0 aromatic heterocycles. The van der Waals surface area contributed by atoms with Gasteiger partial charge in [0.15, 0.2) is 0 Å². The minimum atomic E-state index is -2.25. The summed E-state index contributed by atoms with van der Waals surface area (Å²) in [5.41, 5.74) is 6.15. The van der Waals surface area contributed by atoms with Gasteiger partial charge in [-0.25, -0.2) is 0 Å². The molecule has 1 atom stereocenters. The molecule has 4 aromatic rings. The van der Waals surface area contributed by atoms with Crippen molar-refractivity contribution in [1.29, 1.82) is 0 Å². The maximum Gasteiger partial charge on any atom is 1.00 e. The van der Waals surface area contributed by atoms with Gasteiger partial charge in [-0.3, -0.25) is 4.21 Å². The Balaban J connectivity index is 0.00000123. The van der Waals surface area contributed by atoms with Crippen LogP contribution in [0, 0.1) is 6.07 Å². The van der Waals surface area contributed by atoms with Gasteiger partial charge in [0.25, 0.3) is 0 Å². The van der Waals surface area contributed by atoms with Crippen LogP contribution in [0.2, 0.25) is 0 Å². The van der Waals surface area contributed by atoms with E-state index in [4.69, 9.17) is 8.42 Å². The van der Waals surface area contributed by atoms with Crippen LogP contribution in [0.5, 0.6) is 0 Å². The Morgan fingerprint density at radius 3 is 1.67 bits per heavy atom. The maximum absolute atomic E-state index is 11.3. The molecular formula is C28H20Na2O4S2.